The molecule has 1 fully saturated rings. The third-order valence-electron chi connectivity index (χ3n) is 4.84. The number of benzene rings is 2. The Morgan fingerprint density at radius 3 is 2.19 bits per heavy atom. The van der Waals surface area contributed by atoms with Gasteiger partial charge in [0.15, 0.2) is 6.54 Å². The third kappa shape index (κ3) is 4.91. The average Bonchev–Trinajstić information content (AvgIpc) is 2.64. The lowest BCUT2D eigenvalue weighted by Crippen LogP contribution is -3.28. The van der Waals surface area contributed by atoms with Crippen molar-refractivity contribution >= 4 is 17.5 Å². The van der Waals surface area contributed by atoms with E-state index in [1.807, 2.05) is 6.07 Å². The van der Waals surface area contributed by atoms with Gasteiger partial charge in [0, 0.05) is 5.56 Å². The lowest BCUT2D eigenvalue weighted by Gasteiger charge is -2.29. The number of rotatable bonds is 6. The van der Waals surface area contributed by atoms with Crippen LogP contribution in [0.3, 0.4) is 0 Å². The maximum atomic E-state index is 12.3. The molecule has 0 bridgehead atoms. The van der Waals surface area contributed by atoms with E-state index in [1.165, 1.54) is 10.5 Å². The third-order valence-corrected chi connectivity index (χ3v) is 4.84. The predicted molar refractivity (Wildman–Crippen MR) is 100.0 cm³/mol. The van der Waals surface area contributed by atoms with E-state index in [4.69, 9.17) is 5.73 Å². The SMILES string of the molecule is NC(=O)c1ccccc1NC(=O)C[NH+]1CC[NH+](Cc2ccccc2)CC1. The van der Waals surface area contributed by atoms with Crippen LogP contribution in [0.4, 0.5) is 5.69 Å². The number of nitrogens with one attached hydrogen (secondary N) is 3. The standard InChI is InChI=1S/C20H24N4O2/c21-20(26)17-8-4-5-9-18(17)22-19(25)15-24-12-10-23(11-13-24)14-16-6-2-1-3-7-16/h1-9H,10-15H2,(H2,21,26)(H,22,25)/p+2. The number of primary amides is 1. The Bertz CT molecular complexity index is 755. The highest BCUT2D eigenvalue weighted by molar-refractivity contribution is 6.03. The van der Waals surface area contributed by atoms with Gasteiger partial charge in [-0.1, -0.05) is 42.5 Å². The number of hydrogen-bond acceptors (Lipinski definition) is 2. The quantitative estimate of drug-likeness (QED) is 0.521. The minimum absolute atomic E-state index is 0.0831. The summed E-state index contributed by atoms with van der Waals surface area (Å²) in [6.07, 6.45) is 0. The van der Waals surface area contributed by atoms with Gasteiger partial charge in [0.2, 0.25) is 0 Å². The van der Waals surface area contributed by atoms with E-state index in [2.05, 4.69) is 29.6 Å². The molecule has 3 rings (SSSR count). The van der Waals surface area contributed by atoms with Gasteiger partial charge >= 0.3 is 0 Å². The number of amides is 2. The second kappa shape index (κ2) is 8.60. The highest BCUT2D eigenvalue weighted by Crippen LogP contribution is 2.13. The predicted octanol–water partition coefficient (Wildman–Crippen LogP) is -1.29. The van der Waals surface area contributed by atoms with Gasteiger partial charge in [-0.3, -0.25) is 9.59 Å². The first kappa shape index (κ1) is 18.1. The van der Waals surface area contributed by atoms with E-state index in [0.29, 0.717) is 17.8 Å². The normalized spacial score (nSPS) is 19.7. The molecule has 1 aliphatic heterocycles. The molecule has 0 saturated carbocycles. The Morgan fingerprint density at radius 1 is 0.885 bits per heavy atom. The van der Waals surface area contributed by atoms with Crippen molar-refractivity contribution in [3.63, 3.8) is 0 Å². The Hall–Kier alpha value is -2.70. The fourth-order valence-corrected chi connectivity index (χ4v) is 3.42. The van der Waals surface area contributed by atoms with Crippen LogP contribution < -0.4 is 20.9 Å². The molecule has 0 aromatic heterocycles. The summed E-state index contributed by atoms with van der Waals surface area (Å²) in [5.41, 5.74) is 7.53. The molecule has 6 nitrogen and oxygen atoms in total. The topological polar surface area (TPSA) is 81.1 Å². The molecule has 0 aliphatic carbocycles. The minimum Gasteiger partial charge on any atom is -0.366 e. The van der Waals surface area contributed by atoms with Crippen LogP contribution in [0.5, 0.6) is 0 Å². The summed E-state index contributed by atoms with van der Waals surface area (Å²) in [6.45, 7) is 5.48. The number of nitrogens with two attached hydrogens (primary N) is 1. The number of piperazine rings is 1. The molecule has 2 aromatic carbocycles. The van der Waals surface area contributed by atoms with Gasteiger partial charge in [-0.05, 0) is 12.1 Å². The molecule has 136 valence electrons. The first-order chi connectivity index (χ1) is 12.6. The second-order valence-corrected chi connectivity index (χ2v) is 6.80. The molecule has 2 aromatic rings. The van der Waals surface area contributed by atoms with E-state index >= 15 is 0 Å². The molecule has 0 unspecified atom stereocenters. The number of carbonyl (C=O) groups excluding carboxylic acids is 2. The van der Waals surface area contributed by atoms with Crippen molar-refractivity contribution in [2.45, 2.75) is 6.54 Å². The largest absolute Gasteiger partial charge is 0.366 e. The van der Waals surface area contributed by atoms with Crippen LogP contribution in [0.15, 0.2) is 54.6 Å². The van der Waals surface area contributed by atoms with Crippen molar-refractivity contribution in [3.05, 3.63) is 65.7 Å². The number of para-hydroxylation sites is 1. The van der Waals surface area contributed by atoms with Crippen LogP contribution >= 0.6 is 0 Å². The van der Waals surface area contributed by atoms with E-state index < -0.39 is 5.91 Å². The number of quaternary nitrogens is 2. The highest BCUT2D eigenvalue weighted by atomic mass is 16.2. The number of hydrogen-bond donors (Lipinski definition) is 4. The van der Waals surface area contributed by atoms with Gasteiger partial charge in [-0.25, -0.2) is 0 Å². The summed E-state index contributed by atoms with van der Waals surface area (Å²) in [5.74, 6) is -0.619. The lowest BCUT2D eigenvalue weighted by atomic mass is 10.1. The van der Waals surface area contributed by atoms with E-state index in [-0.39, 0.29) is 5.91 Å². The summed E-state index contributed by atoms with van der Waals surface area (Å²) in [5, 5.41) is 2.82. The van der Waals surface area contributed by atoms with Crippen LogP contribution in [-0.2, 0) is 11.3 Å². The van der Waals surface area contributed by atoms with Gasteiger partial charge in [-0.15, -0.1) is 0 Å². The number of anilines is 1. The van der Waals surface area contributed by atoms with Gasteiger partial charge in [0.05, 0.1) is 11.3 Å². The van der Waals surface area contributed by atoms with Crippen LogP contribution in [0.2, 0.25) is 0 Å². The van der Waals surface area contributed by atoms with E-state index in [1.54, 1.807) is 29.2 Å². The van der Waals surface area contributed by atoms with Crippen molar-refractivity contribution in [1.82, 2.24) is 0 Å². The van der Waals surface area contributed by atoms with Crippen molar-refractivity contribution in [2.24, 2.45) is 5.73 Å². The molecule has 26 heavy (non-hydrogen) atoms. The Labute approximate surface area is 153 Å². The number of carbonyl (C=O) groups is 2. The fraction of sp³-hybridized carbons (Fsp3) is 0.300. The molecular formula is C20H26N4O2+2. The summed E-state index contributed by atoms with van der Waals surface area (Å²) >= 11 is 0. The summed E-state index contributed by atoms with van der Waals surface area (Å²) in [6, 6.07) is 17.3. The summed E-state index contributed by atoms with van der Waals surface area (Å²) in [7, 11) is 0. The van der Waals surface area contributed by atoms with Gasteiger partial charge in [0.1, 0.15) is 32.7 Å². The van der Waals surface area contributed by atoms with Crippen molar-refractivity contribution in [2.75, 3.05) is 38.0 Å². The maximum absolute atomic E-state index is 12.3. The zero-order chi connectivity index (χ0) is 18.4. The van der Waals surface area contributed by atoms with Gasteiger partial charge in [0.25, 0.3) is 11.8 Å². The van der Waals surface area contributed by atoms with Crippen LogP contribution in [0, 0.1) is 0 Å². The van der Waals surface area contributed by atoms with Crippen LogP contribution in [0.25, 0.3) is 0 Å². The summed E-state index contributed by atoms with van der Waals surface area (Å²) < 4.78 is 0. The van der Waals surface area contributed by atoms with Gasteiger partial charge in [-0.2, -0.15) is 0 Å². The fourth-order valence-electron chi connectivity index (χ4n) is 3.42. The van der Waals surface area contributed by atoms with Crippen LogP contribution in [0.1, 0.15) is 15.9 Å². The minimum atomic E-state index is -0.536. The Kier molecular flexibility index (Phi) is 5.99. The molecule has 5 N–H and O–H groups in total. The van der Waals surface area contributed by atoms with Crippen LogP contribution in [-0.4, -0.2) is 44.5 Å². The molecule has 1 heterocycles. The molecule has 0 atom stereocenters. The average molecular weight is 354 g/mol. The molecule has 2 amide bonds. The monoisotopic (exact) mass is 354 g/mol. The van der Waals surface area contributed by atoms with Crippen molar-refractivity contribution < 1.29 is 19.4 Å². The highest BCUT2D eigenvalue weighted by Gasteiger charge is 2.25. The van der Waals surface area contributed by atoms with E-state index in [0.717, 1.165) is 32.7 Å². The van der Waals surface area contributed by atoms with Gasteiger partial charge < -0.3 is 20.9 Å². The first-order valence-corrected chi connectivity index (χ1v) is 9.01. The van der Waals surface area contributed by atoms with Crippen molar-refractivity contribution in [1.29, 1.82) is 0 Å². The molecule has 1 saturated heterocycles. The lowest BCUT2D eigenvalue weighted by molar-refractivity contribution is -1.02. The Balaban J connectivity index is 1.47. The second-order valence-electron chi connectivity index (χ2n) is 6.80. The molecular weight excluding hydrogens is 328 g/mol. The van der Waals surface area contributed by atoms with E-state index in [9.17, 15) is 9.59 Å². The Morgan fingerprint density at radius 2 is 1.50 bits per heavy atom. The molecule has 0 spiro atoms. The first-order valence-electron chi connectivity index (χ1n) is 9.01. The molecule has 6 heteroatoms. The summed E-state index contributed by atoms with van der Waals surface area (Å²) in [4.78, 5) is 26.6. The molecule has 1 aliphatic rings. The zero-order valence-corrected chi connectivity index (χ0v) is 14.8. The van der Waals surface area contributed by atoms with Crippen molar-refractivity contribution in [3.8, 4) is 0 Å². The molecule has 0 radical (unpaired) electrons. The maximum Gasteiger partial charge on any atom is 0.279 e. The smallest absolute Gasteiger partial charge is 0.279 e. The zero-order valence-electron chi connectivity index (χ0n) is 14.8.